The summed E-state index contributed by atoms with van der Waals surface area (Å²) in [6.45, 7) is 3.99. The number of rotatable bonds is 4. The smallest absolute Gasteiger partial charge is 0.339 e. The Morgan fingerprint density at radius 1 is 1.18 bits per heavy atom. The molecule has 4 rings (SSSR count). The summed E-state index contributed by atoms with van der Waals surface area (Å²) in [7, 11) is 0. The zero-order valence-electron chi connectivity index (χ0n) is 15.8. The van der Waals surface area contributed by atoms with Crippen LogP contribution in [0.3, 0.4) is 0 Å². The first kappa shape index (κ1) is 18.0. The number of carbonyl (C=O) groups excluding carboxylic acids is 2. The lowest BCUT2D eigenvalue weighted by atomic mass is 9.93. The van der Waals surface area contributed by atoms with Crippen molar-refractivity contribution in [2.45, 2.75) is 32.4 Å². The molecule has 0 saturated heterocycles. The molecule has 6 nitrogen and oxygen atoms in total. The van der Waals surface area contributed by atoms with Gasteiger partial charge in [-0.2, -0.15) is 5.10 Å². The van der Waals surface area contributed by atoms with Crippen LogP contribution in [0.25, 0.3) is 0 Å². The van der Waals surface area contributed by atoms with Gasteiger partial charge in [0.25, 0.3) is 5.91 Å². The number of nitrogens with zero attached hydrogens (tertiary/aromatic N) is 2. The number of ether oxygens (including phenoxy) is 1. The number of fused-ring (bicyclic) bond motifs is 1. The minimum absolute atomic E-state index is 0.134. The van der Waals surface area contributed by atoms with Gasteiger partial charge in [-0.05, 0) is 43.2 Å². The van der Waals surface area contributed by atoms with E-state index in [0.717, 1.165) is 11.1 Å². The number of cyclic esters (lactones) is 1. The van der Waals surface area contributed by atoms with Crippen molar-refractivity contribution in [3.8, 4) is 0 Å². The van der Waals surface area contributed by atoms with Crippen LogP contribution in [-0.2, 0) is 11.2 Å². The second-order valence-corrected chi connectivity index (χ2v) is 7.09. The monoisotopic (exact) mass is 375 g/mol. The van der Waals surface area contributed by atoms with Gasteiger partial charge in [-0.3, -0.25) is 4.79 Å². The van der Waals surface area contributed by atoms with Crippen LogP contribution in [-0.4, -0.2) is 21.7 Å². The molecule has 0 bridgehead atoms. The Kier molecular flexibility index (Phi) is 4.69. The van der Waals surface area contributed by atoms with E-state index in [9.17, 15) is 9.59 Å². The number of carbonyl (C=O) groups is 2. The number of aromatic nitrogens is 2. The standard InChI is InChI=1S/C22H21N3O3/c1-14(2)25-20(10-11-23-25)24-21(26)16-8-9-18-17(12-16)13-19(28-22(18)27)15-6-4-3-5-7-15/h3-12,14,19H,13H2,1-2H3,(H,24,26). The molecule has 0 saturated carbocycles. The van der Waals surface area contributed by atoms with Crippen LogP contribution in [0.1, 0.15) is 57.8 Å². The van der Waals surface area contributed by atoms with Crippen molar-refractivity contribution < 1.29 is 14.3 Å². The number of benzene rings is 2. The van der Waals surface area contributed by atoms with Gasteiger partial charge in [0.15, 0.2) is 0 Å². The Bertz CT molecular complexity index is 1020. The number of hydrogen-bond acceptors (Lipinski definition) is 4. The predicted molar refractivity (Wildman–Crippen MR) is 105 cm³/mol. The van der Waals surface area contributed by atoms with E-state index in [1.165, 1.54) is 0 Å². The van der Waals surface area contributed by atoms with Crippen LogP contribution in [0.2, 0.25) is 0 Å². The lowest BCUT2D eigenvalue weighted by Gasteiger charge is -2.25. The molecule has 0 spiro atoms. The van der Waals surface area contributed by atoms with E-state index in [0.29, 0.717) is 23.4 Å². The van der Waals surface area contributed by atoms with Crippen molar-refractivity contribution in [2.75, 3.05) is 5.32 Å². The molecular weight excluding hydrogens is 354 g/mol. The van der Waals surface area contributed by atoms with E-state index < -0.39 is 0 Å². The van der Waals surface area contributed by atoms with E-state index >= 15 is 0 Å². The topological polar surface area (TPSA) is 73.2 Å². The van der Waals surface area contributed by atoms with Gasteiger partial charge in [-0.25, -0.2) is 9.48 Å². The second-order valence-electron chi connectivity index (χ2n) is 7.09. The highest BCUT2D eigenvalue weighted by atomic mass is 16.5. The molecule has 1 aliphatic rings. The zero-order valence-corrected chi connectivity index (χ0v) is 15.8. The van der Waals surface area contributed by atoms with E-state index in [1.54, 1.807) is 35.1 Å². The zero-order chi connectivity index (χ0) is 19.7. The summed E-state index contributed by atoms with van der Waals surface area (Å²) in [6.07, 6.45) is 1.85. The van der Waals surface area contributed by atoms with Crippen molar-refractivity contribution >= 4 is 17.7 Å². The van der Waals surface area contributed by atoms with Crippen molar-refractivity contribution in [2.24, 2.45) is 0 Å². The van der Waals surface area contributed by atoms with Gasteiger partial charge >= 0.3 is 5.97 Å². The number of amides is 1. The fourth-order valence-corrected chi connectivity index (χ4v) is 3.40. The Morgan fingerprint density at radius 3 is 2.71 bits per heavy atom. The highest BCUT2D eigenvalue weighted by Crippen LogP contribution is 2.31. The molecular formula is C22H21N3O3. The van der Waals surface area contributed by atoms with Crippen molar-refractivity contribution in [1.29, 1.82) is 0 Å². The van der Waals surface area contributed by atoms with Gasteiger partial charge in [0.05, 0.1) is 11.8 Å². The summed E-state index contributed by atoms with van der Waals surface area (Å²) in [6, 6.07) is 16.6. The first-order valence-electron chi connectivity index (χ1n) is 9.26. The van der Waals surface area contributed by atoms with Crippen LogP contribution < -0.4 is 5.32 Å². The Labute approximate surface area is 163 Å². The molecule has 2 aromatic carbocycles. The maximum absolute atomic E-state index is 12.7. The van der Waals surface area contributed by atoms with Crippen molar-refractivity contribution in [1.82, 2.24) is 9.78 Å². The average molecular weight is 375 g/mol. The Morgan fingerprint density at radius 2 is 1.96 bits per heavy atom. The number of esters is 1. The summed E-state index contributed by atoms with van der Waals surface area (Å²) >= 11 is 0. The van der Waals surface area contributed by atoms with Gasteiger partial charge in [0.1, 0.15) is 11.9 Å². The molecule has 0 radical (unpaired) electrons. The molecule has 6 heteroatoms. The quantitative estimate of drug-likeness (QED) is 0.695. The summed E-state index contributed by atoms with van der Waals surface area (Å²) in [5.74, 6) is 0.0413. The first-order chi connectivity index (χ1) is 13.5. The van der Waals surface area contributed by atoms with E-state index in [-0.39, 0.29) is 24.0 Å². The lowest BCUT2D eigenvalue weighted by Crippen LogP contribution is -2.23. The SMILES string of the molecule is CC(C)n1nccc1NC(=O)c1ccc2c(c1)CC(c1ccccc1)OC2=O. The first-order valence-corrected chi connectivity index (χ1v) is 9.26. The third-order valence-electron chi connectivity index (χ3n) is 4.81. The van der Waals surface area contributed by atoms with Gasteiger partial charge in [0, 0.05) is 24.1 Å². The van der Waals surface area contributed by atoms with Gasteiger partial charge in [-0.1, -0.05) is 30.3 Å². The van der Waals surface area contributed by atoms with Crippen molar-refractivity contribution in [3.63, 3.8) is 0 Å². The molecule has 1 aromatic heterocycles. The number of anilines is 1. The molecule has 1 aliphatic heterocycles. The third kappa shape index (κ3) is 3.41. The highest BCUT2D eigenvalue weighted by Gasteiger charge is 2.28. The molecule has 28 heavy (non-hydrogen) atoms. The van der Waals surface area contributed by atoms with Crippen LogP contribution in [0.15, 0.2) is 60.8 Å². The summed E-state index contributed by atoms with van der Waals surface area (Å²) in [4.78, 5) is 25.1. The summed E-state index contributed by atoms with van der Waals surface area (Å²) in [5.41, 5.74) is 2.76. The minimum atomic E-state index is -0.361. The molecule has 1 unspecified atom stereocenters. The molecule has 1 N–H and O–H groups in total. The van der Waals surface area contributed by atoms with Crippen LogP contribution in [0, 0.1) is 0 Å². The average Bonchev–Trinajstić information content (AvgIpc) is 3.16. The van der Waals surface area contributed by atoms with Crippen molar-refractivity contribution in [3.05, 3.63) is 83.0 Å². The van der Waals surface area contributed by atoms with Crippen LogP contribution in [0.5, 0.6) is 0 Å². The molecule has 1 amide bonds. The number of nitrogens with one attached hydrogen (secondary N) is 1. The van der Waals surface area contributed by atoms with Gasteiger partial charge in [-0.15, -0.1) is 0 Å². The van der Waals surface area contributed by atoms with E-state index in [4.69, 9.17) is 4.74 Å². The van der Waals surface area contributed by atoms with E-state index in [2.05, 4.69) is 10.4 Å². The molecule has 2 heterocycles. The second kappa shape index (κ2) is 7.31. The summed E-state index contributed by atoms with van der Waals surface area (Å²) < 4.78 is 7.32. The highest BCUT2D eigenvalue weighted by molar-refractivity contribution is 6.05. The molecule has 0 fully saturated rings. The predicted octanol–water partition coefficient (Wildman–Crippen LogP) is 4.17. The third-order valence-corrected chi connectivity index (χ3v) is 4.81. The molecule has 3 aromatic rings. The largest absolute Gasteiger partial charge is 0.454 e. The summed E-state index contributed by atoms with van der Waals surface area (Å²) in [5, 5.41) is 7.12. The normalized spacial score (nSPS) is 15.8. The molecule has 0 aliphatic carbocycles. The Hall–Kier alpha value is -3.41. The maximum Gasteiger partial charge on any atom is 0.339 e. The lowest BCUT2D eigenvalue weighted by molar-refractivity contribution is 0.0252. The fraction of sp³-hybridized carbons (Fsp3) is 0.227. The molecule has 1 atom stereocenters. The van der Waals surface area contributed by atoms with Gasteiger partial charge in [0.2, 0.25) is 0 Å². The van der Waals surface area contributed by atoms with Crippen LogP contribution >= 0.6 is 0 Å². The maximum atomic E-state index is 12.7. The van der Waals surface area contributed by atoms with Crippen LogP contribution in [0.4, 0.5) is 5.82 Å². The Balaban J connectivity index is 1.59. The minimum Gasteiger partial charge on any atom is -0.454 e. The number of hydrogen-bond donors (Lipinski definition) is 1. The fourth-order valence-electron chi connectivity index (χ4n) is 3.40. The van der Waals surface area contributed by atoms with Gasteiger partial charge < -0.3 is 10.1 Å². The molecule has 142 valence electrons. The van der Waals surface area contributed by atoms with E-state index in [1.807, 2.05) is 44.2 Å².